The first kappa shape index (κ1) is 7.96. The van der Waals surface area contributed by atoms with Gasteiger partial charge < -0.3 is 10.7 Å². The summed E-state index contributed by atoms with van der Waals surface area (Å²) in [6, 6.07) is 7.31. The molecule has 0 fully saturated rings. The molecule has 0 aliphatic carbocycles. The van der Waals surface area contributed by atoms with E-state index >= 15 is 0 Å². The molecule has 64 valence electrons. The van der Waals surface area contributed by atoms with Crippen molar-refractivity contribution >= 4 is 28.3 Å². The van der Waals surface area contributed by atoms with Crippen molar-refractivity contribution < 1.29 is 0 Å². The van der Waals surface area contributed by atoms with Crippen molar-refractivity contribution in [2.45, 2.75) is 0 Å². The van der Waals surface area contributed by atoms with Gasteiger partial charge in [-0.25, -0.2) is 0 Å². The lowest BCUT2D eigenvalue weighted by Crippen LogP contribution is -1.85. The Balaban J connectivity index is 2.91. The number of rotatable bonds is 0. The van der Waals surface area contributed by atoms with Crippen molar-refractivity contribution in [3.05, 3.63) is 28.8 Å². The fourth-order valence-electron chi connectivity index (χ4n) is 1.31. The van der Waals surface area contributed by atoms with Crippen molar-refractivity contribution in [1.82, 2.24) is 4.98 Å². The molecule has 13 heavy (non-hydrogen) atoms. The predicted octanol–water partition coefficient (Wildman–Crippen LogP) is 2.28. The summed E-state index contributed by atoms with van der Waals surface area (Å²) < 4.78 is 0. The molecule has 0 saturated heterocycles. The number of aromatic amines is 1. The van der Waals surface area contributed by atoms with Crippen LogP contribution in [0, 0.1) is 11.3 Å². The Morgan fingerprint density at radius 1 is 1.46 bits per heavy atom. The van der Waals surface area contributed by atoms with Gasteiger partial charge >= 0.3 is 0 Å². The van der Waals surface area contributed by atoms with Gasteiger partial charge in [0, 0.05) is 15.9 Å². The molecule has 1 aromatic heterocycles. The zero-order valence-corrected chi connectivity index (χ0v) is 7.39. The highest BCUT2D eigenvalue weighted by Crippen LogP contribution is 2.25. The highest BCUT2D eigenvalue weighted by Gasteiger charge is 2.07. The number of hydrogen-bond donors (Lipinski definition) is 2. The van der Waals surface area contributed by atoms with Crippen LogP contribution in [0.15, 0.2) is 18.2 Å². The maximum atomic E-state index is 8.80. The number of nitrogens with two attached hydrogens (primary N) is 1. The average molecular weight is 192 g/mol. The lowest BCUT2D eigenvalue weighted by molar-refractivity contribution is 1.45. The third-order valence-corrected chi connectivity index (χ3v) is 2.14. The van der Waals surface area contributed by atoms with E-state index in [0.29, 0.717) is 16.4 Å². The second-order valence-electron chi connectivity index (χ2n) is 2.72. The Morgan fingerprint density at radius 2 is 2.23 bits per heavy atom. The van der Waals surface area contributed by atoms with E-state index in [9.17, 15) is 0 Å². The fourth-order valence-corrected chi connectivity index (χ4v) is 1.48. The first-order valence-electron chi connectivity index (χ1n) is 3.69. The van der Waals surface area contributed by atoms with Gasteiger partial charge in [0.15, 0.2) is 0 Å². The molecule has 0 saturated carbocycles. The quantitative estimate of drug-likeness (QED) is 0.671. The predicted molar refractivity (Wildman–Crippen MR) is 52.4 cm³/mol. The minimum absolute atomic E-state index is 0.389. The minimum Gasteiger partial charge on any atom is -0.384 e. The summed E-state index contributed by atoms with van der Waals surface area (Å²) in [4.78, 5) is 2.90. The van der Waals surface area contributed by atoms with E-state index in [2.05, 4.69) is 4.98 Å². The van der Waals surface area contributed by atoms with Crippen molar-refractivity contribution in [2.75, 3.05) is 5.73 Å². The normalized spacial score (nSPS) is 10.2. The first-order chi connectivity index (χ1) is 6.22. The van der Waals surface area contributed by atoms with Crippen LogP contribution in [0.5, 0.6) is 0 Å². The van der Waals surface area contributed by atoms with Gasteiger partial charge in [-0.05, 0) is 18.2 Å². The lowest BCUT2D eigenvalue weighted by Gasteiger charge is -1.90. The second kappa shape index (κ2) is 2.68. The molecule has 2 rings (SSSR count). The number of aromatic nitrogens is 1. The zero-order chi connectivity index (χ0) is 9.42. The molecular weight excluding hydrogens is 186 g/mol. The number of nitrogens with one attached hydrogen (secondary N) is 1. The summed E-state index contributed by atoms with van der Waals surface area (Å²) in [5, 5.41) is 10.2. The summed E-state index contributed by atoms with van der Waals surface area (Å²) in [5.74, 6) is 0.389. The van der Waals surface area contributed by atoms with Crippen LogP contribution in [-0.2, 0) is 0 Å². The summed E-state index contributed by atoms with van der Waals surface area (Å²) in [5.41, 5.74) is 6.88. The number of nitrogen functional groups attached to an aromatic ring is 1. The largest absolute Gasteiger partial charge is 0.384 e. The molecule has 0 amide bonds. The van der Waals surface area contributed by atoms with Crippen molar-refractivity contribution in [3.63, 3.8) is 0 Å². The van der Waals surface area contributed by atoms with Crippen LogP contribution in [0.2, 0.25) is 5.02 Å². The molecule has 0 aliphatic rings. The number of halogens is 1. The average Bonchev–Trinajstić information content (AvgIpc) is 2.40. The minimum atomic E-state index is 0.389. The van der Waals surface area contributed by atoms with E-state index in [1.807, 2.05) is 6.07 Å². The molecule has 0 aliphatic heterocycles. The van der Waals surface area contributed by atoms with E-state index in [-0.39, 0.29) is 0 Å². The van der Waals surface area contributed by atoms with Gasteiger partial charge in [0.25, 0.3) is 0 Å². The summed E-state index contributed by atoms with van der Waals surface area (Å²) in [6.07, 6.45) is 0. The van der Waals surface area contributed by atoms with Crippen LogP contribution in [-0.4, -0.2) is 4.98 Å². The van der Waals surface area contributed by atoms with Gasteiger partial charge in [-0.1, -0.05) is 11.6 Å². The zero-order valence-electron chi connectivity index (χ0n) is 6.63. The molecule has 1 heterocycles. The smallest absolute Gasteiger partial charge is 0.119 e. The Kier molecular flexibility index (Phi) is 1.64. The van der Waals surface area contributed by atoms with E-state index in [1.165, 1.54) is 0 Å². The third-order valence-electron chi connectivity index (χ3n) is 1.90. The molecule has 0 radical (unpaired) electrons. The third kappa shape index (κ3) is 1.12. The van der Waals surface area contributed by atoms with E-state index in [4.69, 9.17) is 22.6 Å². The van der Waals surface area contributed by atoms with Crippen LogP contribution in [0.25, 0.3) is 10.9 Å². The van der Waals surface area contributed by atoms with Crippen LogP contribution >= 0.6 is 11.6 Å². The van der Waals surface area contributed by atoms with E-state index < -0.39 is 0 Å². The molecule has 4 heteroatoms. The number of fused-ring (bicyclic) bond motifs is 1. The maximum absolute atomic E-state index is 8.80. The molecule has 0 atom stereocenters. The highest BCUT2D eigenvalue weighted by atomic mass is 35.5. The van der Waals surface area contributed by atoms with Crippen molar-refractivity contribution in [2.24, 2.45) is 0 Å². The maximum Gasteiger partial charge on any atom is 0.119 e. The fraction of sp³-hybridized carbons (Fsp3) is 0. The number of anilines is 1. The van der Waals surface area contributed by atoms with Gasteiger partial charge in [-0.2, -0.15) is 5.26 Å². The number of hydrogen-bond acceptors (Lipinski definition) is 2. The molecule has 1 aromatic carbocycles. The number of H-pyrrole nitrogens is 1. The summed E-state index contributed by atoms with van der Waals surface area (Å²) in [7, 11) is 0. The molecule has 3 N–H and O–H groups in total. The van der Waals surface area contributed by atoms with Gasteiger partial charge in [-0.3, -0.25) is 0 Å². The Morgan fingerprint density at radius 3 is 2.92 bits per heavy atom. The Labute approximate surface area is 79.7 Å². The van der Waals surface area contributed by atoms with Gasteiger partial charge in [0.1, 0.15) is 17.5 Å². The Hall–Kier alpha value is -1.66. The molecule has 0 bridgehead atoms. The molecular formula is C9H6ClN3. The highest BCUT2D eigenvalue weighted by molar-refractivity contribution is 6.31. The first-order valence-corrected chi connectivity index (χ1v) is 4.07. The lowest BCUT2D eigenvalue weighted by atomic mass is 10.2. The van der Waals surface area contributed by atoms with Gasteiger partial charge in [0.05, 0.1) is 0 Å². The van der Waals surface area contributed by atoms with Gasteiger partial charge in [0.2, 0.25) is 0 Å². The standard InChI is InChI=1S/C9H6ClN3/c10-5-1-2-8-6(3-5)7(4-11)9(12)13-8/h1-3,13H,12H2. The van der Waals surface area contributed by atoms with E-state index in [1.54, 1.807) is 18.2 Å². The van der Waals surface area contributed by atoms with Crippen LogP contribution in [0.4, 0.5) is 5.82 Å². The van der Waals surface area contributed by atoms with Crippen molar-refractivity contribution in [3.8, 4) is 6.07 Å². The van der Waals surface area contributed by atoms with Crippen molar-refractivity contribution in [1.29, 1.82) is 5.26 Å². The second-order valence-corrected chi connectivity index (χ2v) is 3.15. The van der Waals surface area contributed by atoms with Crippen LogP contribution in [0.3, 0.4) is 0 Å². The number of nitrogens with zero attached hydrogens (tertiary/aromatic N) is 1. The molecule has 2 aromatic rings. The van der Waals surface area contributed by atoms with Gasteiger partial charge in [-0.15, -0.1) is 0 Å². The number of nitriles is 1. The summed E-state index contributed by atoms with van der Waals surface area (Å²) >= 11 is 5.79. The number of benzene rings is 1. The SMILES string of the molecule is N#Cc1c(N)[nH]c2ccc(Cl)cc12. The topological polar surface area (TPSA) is 65.6 Å². The summed E-state index contributed by atoms with van der Waals surface area (Å²) in [6.45, 7) is 0. The molecule has 0 unspecified atom stereocenters. The molecule has 3 nitrogen and oxygen atoms in total. The van der Waals surface area contributed by atoms with E-state index in [0.717, 1.165) is 10.9 Å². The van der Waals surface area contributed by atoms with Crippen LogP contribution < -0.4 is 5.73 Å². The van der Waals surface area contributed by atoms with Crippen LogP contribution in [0.1, 0.15) is 5.56 Å². The Bertz CT molecular complexity index is 507. The molecule has 0 spiro atoms. The monoisotopic (exact) mass is 191 g/mol.